The predicted octanol–water partition coefficient (Wildman–Crippen LogP) is 5.36. The maximum Gasteiger partial charge on any atom is 0.416 e. The number of rotatable bonds is 5. The summed E-state index contributed by atoms with van der Waals surface area (Å²) in [6.45, 7) is 2.07. The molecule has 27 heavy (non-hydrogen) atoms. The molecule has 0 saturated heterocycles. The lowest BCUT2D eigenvalue weighted by Gasteiger charge is -2.10. The van der Waals surface area contributed by atoms with E-state index in [0.29, 0.717) is 23.1 Å². The van der Waals surface area contributed by atoms with E-state index in [-0.39, 0.29) is 6.61 Å². The van der Waals surface area contributed by atoms with Gasteiger partial charge in [0.15, 0.2) is 0 Å². The van der Waals surface area contributed by atoms with Crippen molar-refractivity contribution in [2.75, 3.05) is 5.73 Å². The van der Waals surface area contributed by atoms with Gasteiger partial charge in [-0.15, -0.1) is 0 Å². The van der Waals surface area contributed by atoms with Crippen molar-refractivity contribution in [3.8, 4) is 17.4 Å². The number of benzene rings is 2. The van der Waals surface area contributed by atoms with Crippen LogP contribution in [-0.4, -0.2) is 4.98 Å². The molecule has 0 bridgehead atoms. The smallest absolute Gasteiger partial charge is 0.416 e. The SMILES string of the molecule is Cc1cc(N)ccc1Oc1ccc(COc2ccc(C(F)(F)F)cc2)cn1. The Labute approximate surface area is 154 Å². The number of nitrogens with zero attached hydrogens (tertiary/aromatic N) is 1. The molecule has 1 aromatic heterocycles. The van der Waals surface area contributed by atoms with Gasteiger partial charge in [0.1, 0.15) is 18.1 Å². The molecule has 0 amide bonds. The minimum absolute atomic E-state index is 0.180. The van der Waals surface area contributed by atoms with Crippen molar-refractivity contribution in [2.24, 2.45) is 0 Å². The van der Waals surface area contributed by atoms with Gasteiger partial charge in [0.25, 0.3) is 0 Å². The molecule has 0 spiro atoms. The molecule has 140 valence electrons. The second kappa shape index (κ2) is 7.57. The summed E-state index contributed by atoms with van der Waals surface area (Å²) in [6.07, 6.45) is -2.77. The lowest BCUT2D eigenvalue weighted by molar-refractivity contribution is -0.137. The van der Waals surface area contributed by atoms with Gasteiger partial charge in [0, 0.05) is 23.5 Å². The molecular weight excluding hydrogens is 357 g/mol. The van der Waals surface area contributed by atoms with E-state index in [4.69, 9.17) is 15.2 Å². The first-order chi connectivity index (χ1) is 12.8. The number of pyridine rings is 1. The highest BCUT2D eigenvalue weighted by Gasteiger charge is 2.29. The molecule has 3 rings (SSSR count). The monoisotopic (exact) mass is 374 g/mol. The number of anilines is 1. The van der Waals surface area contributed by atoms with Crippen LogP contribution in [0, 0.1) is 6.92 Å². The van der Waals surface area contributed by atoms with Crippen molar-refractivity contribution in [1.82, 2.24) is 4.98 Å². The molecule has 4 nitrogen and oxygen atoms in total. The molecule has 0 aliphatic heterocycles. The summed E-state index contributed by atoms with van der Waals surface area (Å²) >= 11 is 0. The van der Waals surface area contributed by atoms with Gasteiger partial charge in [-0.05, 0) is 61.0 Å². The highest BCUT2D eigenvalue weighted by Crippen LogP contribution is 2.30. The van der Waals surface area contributed by atoms with Gasteiger partial charge in [-0.1, -0.05) is 0 Å². The summed E-state index contributed by atoms with van der Waals surface area (Å²) < 4.78 is 48.8. The maximum atomic E-state index is 12.5. The van der Waals surface area contributed by atoms with E-state index in [9.17, 15) is 13.2 Å². The van der Waals surface area contributed by atoms with Gasteiger partial charge in [-0.3, -0.25) is 0 Å². The third-order valence-corrected chi connectivity index (χ3v) is 3.80. The number of halogens is 3. The molecule has 0 aliphatic carbocycles. The van der Waals surface area contributed by atoms with Gasteiger partial charge >= 0.3 is 6.18 Å². The Morgan fingerprint density at radius 2 is 1.74 bits per heavy atom. The molecule has 0 radical (unpaired) electrons. The summed E-state index contributed by atoms with van der Waals surface area (Å²) in [6, 6.07) is 13.3. The van der Waals surface area contributed by atoms with Crippen molar-refractivity contribution in [1.29, 1.82) is 0 Å². The van der Waals surface area contributed by atoms with E-state index >= 15 is 0 Å². The van der Waals surface area contributed by atoms with Crippen LogP contribution < -0.4 is 15.2 Å². The quantitative estimate of drug-likeness (QED) is 0.611. The first-order valence-electron chi connectivity index (χ1n) is 8.10. The second-order valence-electron chi connectivity index (χ2n) is 5.94. The molecule has 2 N–H and O–H groups in total. The zero-order chi connectivity index (χ0) is 19.4. The minimum Gasteiger partial charge on any atom is -0.489 e. The van der Waals surface area contributed by atoms with Gasteiger partial charge in [-0.2, -0.15) is 13.2 Å². The molecule has 0 atom stereocenters. The third-order valence-electron chi connectivity index (χ3n) is 3.80. The zero-order valence-corrected chi connectivity index (χ0v) is 14.5. The van der Waals surface area contributed by atoms with Crippen LogP contribution in [0.5, 0.6) is 17.4 Å². The Balaban J connectivity index is 1.59. The number of ether oxygens (including phenoxy) is 2. The third kappa shape index (κ3) is 4.91. The van der Waals surface area contributed by atoms with Gasteiger partial charge in [-0.25, -0.2) is 4.98 Å². The fourth-order valence-electron chi connectivity index (χ4n) is 2.36. The van der Waals surface area contributed by atoms with Gasteiger partial charge in [0.05, 0.1) is 5.56 Å². The Hall–Kier alpha value is -3.22. The van der Waals surface area contributed by atoms with Gasteiger partial charge < -0.3 is 15.2 Å². The molecule has 0 saturated carbocycles. The van der Waals surface area contributed by atoms with E-state index in [0.717, 1.165) is 23.3 Å². The summed E-state index contributed by atoms with van der Waals surface area (Å²) in [5, 5.41) is 0. The largest absolute Gasteiger partial charge is 0.489 e. The van der Waals surface area contributed by atoms with E-state index < -0.39 is 11.7 Å². The standard InChI is InChI=1S/C20H17F3N2O2/c1-13-10-16(24)5-8-18(13)27-19-9-2-14(11-25-19)12-26-17-6-3-15(4-7-17)20(21,22)23/h2-11H,12,24H2,1H3. The predicted molar refractivity (Wildman–Crippen MR) is 95.7 cm³/mol. The van der Waals surface area contributed by atoms with Crippen molar-refractivity contribution in [3.63, 3.8) is 0 Å². The van der Waals surface area contributed by atoms with Crippen LogP contribution in [0.1, 0.15) is 16.7 Å². The first kappa shape index (κ1) is 18.6. The number of aryl methyl sites for hydroxylation is 1. The second-order valence-corrected chi connectivity index (χ2v) is 5.94. The molecule has 0 fully saturated rings. The Kier molecular flexibility index (Phi) is 5.21. The molecule has 0 unspecified atom stereocenters. The van der Waals surface area contributed by atoms with Crippen LogP contribution in [0.15, 0.2) is 60.8 Å². The van der Waals surface area contributed by atoms with Gasteiger partial charge in [0.2, 0.25) is 5.88 Å². The normalized spacial score (nSPS) is 11.3. The number of nitrogens with two attached hydrogens (primary N) is 1. The topological polar surface area (TPSA) is 57.4 Å². The minimum atomic E-state index is -4.36. The average Bonchev–Trinajstić information content (AvgIpc) is 2.63. The summed E-state index contributed by atoms with van der Waals surface area (Å²) in [5.41, 5.74) is 7.31. The number of hydrogen-bond acceptors (Lipinski definition) is 4. The summed E-state index contributed by atoms with van der Waals surface area (Å²) in [7, 11) is 0. The molecule has 3 aromatic rings. The highest BCUT2D eigenvalue weighted by atomic mass is 19.4. The van der Waals surface area contributed by atoms with Crippen LogP contribution in [0.2, 0.25) is 0 Å². The van der Waals surface area contributed by atoms with Crippen molar-refractivity contribution in [2.45, 2.75) is 19.7 Å². The molecule has 2 aromatic carbocycles. The van der Waals surface area contributed by atoms with Crippen LogP contribution in [-0.2, 0) is 12.8 Å². The zero-order valence-electron chi connectivity index (χ0n) is 14.5. The van der Waals surface area contributed by atoms with Crippen LogP contribution >= 0.6 is 0 Å². The highest BCUT2D eigenvalue weighted by molar-refractivity contribution is 5.48. The summed E-state index contributed by atoms with van der Waals surface area (Å²) in [4.78, 5) is 4.21. The first-order valence-corrected chi connectivity index (χ1v) is 8.10. The Morgan fingerprint density at radius 1 is 1.00 bits per heavy atom. The van der Waals surface area contributed by atoms with Crippen molar-refractivity contribution >= 4 is 5.69 Å². The number of hydrogen-bond donors (Lipinski definition) is 1. The summed E-state index contributed by atoms with van der Waals surface area (Å²) in [5.74, 6) is 1.42. The fourth-order valence-corrected chi connectivity index (χ4v) is 2.36. The average molecular weight is 374 g/mol. The lowest BCUT2D eigenvalue weighted by atomic mass is 10.2. The van der Waals surface area contributed by atoms with Crippen LogP contribution in [0.4, 0.5) is 18.9 Å². The Bertz CT molecular complexity index is 908. The van der Waals surface area contributed by atoms with E-state index in [1.165, 1.54) is 12.1 Å². The van der Waals surface area contributed by atoms with Crippen molar-refractivity contribution in [3.05, 3.63) is 77.5 Å². The number of aromatic nitrogens is 1. The van der Waals surface area contributed by atoms with E-state index in [1.807, 2.05) is 13.0 Å². The molecule has 1 heterocycles. The lowest BCUT2D eigenvalue weighted by Crippen LogP contribution is -2.04. The van der Waals surface area contributed by atoms with E-state index in [1.54, 1.807) is 30.5 Å². The maximum absolute atomic E-state index is 12.5. The molecule has 7 heteroatoms. The number of alkyl halides is 3. The fraction of sp³-hybridized carbons (Fsp3) is 0.150. The van der Waals surface area contributed by atoms with Crippen LogP contribution in [0.3, 0.4) is 0 Å². The van der Waals surface area contributed by atoms with Crippen LogP contribution in [0.25, 0.3) is 0 Å². The molecule has 0 aliphatic rings. The Morgan fingerprint density at radius 3 is 2.33 bits per heavy atom. The van der Waals surface area contributed by atoms with Crippen molar-refractivity contribution < 1.29 is 22.6 Å². The molecular formula is C20H17F3N2O2. The number of nitrogen functional groups attached to an aromatic ring is 1. The van der Waals surface area contributed by atoms with E-state index in [2.05, 4.69) is 4.98 Å².